The molecule has 0 bridgehead atoms. The normalized spacial score (nSPS) is 21.3. The first-order chi connectivity index (χ1) is 6.85. The first-order valence-corrected chi connectivity index (χ1v) is 5.21. The Balaban J connectivity index is 0.000000265. The van der Waals surface area contributed by atoms with E-state index >= 15 is 0 Å². The number of nitrogens with one attached hydrogen (secondary N) is 1. The summed E-state index contributed by atoms with van der Waals surface area (Å²) < 4.78 is 4.55. The Morgan fingerprint density at radius 3 is 2.27 bits per heavy atom. The Kier molecular flexibility index (Phi) is 6.17. The molecule has 0 aromatic heterocycles. The van der Waals surface area contributed by atoms with Gasteiger partial charge in [0.25, 0.3) is 6.47 Å². The highest BCUT2D eigenvalue weighted by molar-refractivity contribution is 5.79. The summed E-state index contributed by atoms with van der Waals surface area (Å²) in [5.74, 6) is 0.399. The predicted molar refractivity (Wildman–Crippen MR) is 58.6 cm³/mol. The fraction of sp³-hybridized carbons (Fsp3) is 0.818. The van der Waals surface area contributed by atoms with E-state index in [1.165, 1.54) is 0 Å². The molecule has 1 fully saturated rings. The summed E-state index contributed by atoms with van der Waals surface area (Å²) in [5, 5.41) is 3.19. The highest BCUT2D eigenvalue weighted by Crippen LogP contribution is 2.02. The van der Waals surface area contributed by atoms with Crippen molar-refractivity contribution in [3.8, 4) is 0 Å². The van der Waals surface area contributed by atoms with Crippen LogP contribution in [0.1, 0.15) is 40.5 Å². The van der Waals surface area contributed by atoms with E-state index in [1.807, 2.05) is 27.7 Å². The van der Waals surface area contributed by atoms with Gasteiger partial charge in [0.15, 0.2) is 0 Å². The van der Waals surface area contributed by atoms with Gasteiger partial charge in [0, 0.05) is 25.4 Å². The number of Topliss-reactive ketones (excluding diaryl/α,β-unsaturated/α-hetero) is 1. The van der Waals surface area contributed by atoms with Gasteiger partial charge in [0.1, 0.15) is 11.4 Å². The van der Waals surface area contributed by atoms with Crippen molar-refractivity contribution < 1.29 is 14.3 Å². The topological polar surface area (TPSA) is 55.4 Å². The largest absolute Gasteiger partial charge is 0.462 e. The summed E-state index contributed by atoms with van der Waals surface area (Å²) in [6.07, 6.45) is 1.45. The van der Waals surface area contributed by atoms with Crippen LogP contribution in [0.25, 0.3) is 0 Å². The second kappa shape index (κ2) is 6.56. The van der Waals surface area contributed by atoms with Crippen molar-refractivity contribution >= 4 is 12.3 Å². The lowest BCUT2D eigenvalue weighted by Gasteiger charge is -2.17. The molecule has 1 aliphatic heterocycles. The third-order valence-corrected chi connectivity index (χ3v) is 1.83. The van der Waals surface area contributed by atoms with Crippen molar-refractivity contribution in [1.29, 1.82) is 0 Å². The molecule has 1 N–H and O–H groups in total. The number of rotatable bonds is 1. The highest BCUT2D eigenvalue weighted by Gasteiger charge is 2.13. The maximum atomic E-state index is 10.6. The van der Waals surface area contributed by atoms with Crippen LogP contribution in [-0.4, -0.2) is 30.4 Å². The van der Waals surface area contributed by atoms with E-state index in [1.54, 1.807) is 0 Å². The van der Waals surface area contributed by atoms with Crippen molar-refractivity contribution in [1.82, 2.24) is 5.32 Å². The second-order valence-corrected chi connectivity index (χ2v) is 4.67. The first-order valence-electron chi connectivity index (χ1n) is 5.21. The van der Waals surface area contributed by atoms with E-state index in [0.29, 0.717) is 18.3 Å². The lowest BCUT2D eigenvalue weighted by Crippen LogP contribution is -2.35. The molecule has 0 amide bonds. The fourth-order valence-electron chi connectivity index (χ4n) is 1.12. The Labute approximate surface area is 91.4 Å². The molecule has 4 nitrogen and oxygen atoms in total. The number of ketones is 1. The third kappa shape index (κ3) is 9.41. The minimum atomic E-state index is -0.318. The molecule has 0 aromatic rings. The van der Waals surface area contributed by atoms with E-state index in [2.05, 4.69) is 10.1 Å². The van der Waals surface area contributed by atoms with E-state index in [4.69, 9.17) is 0 Å². The summed E-state index contributed by atoms with van der Waals surface area (Å²) in [4.78, 5) is 20.2. The first kappa shape index (κ1) is 14.1. The lowest BCUT2D eigenvalue weighted by molar-refractivity contribution is -0.138. The zero-order valence-corrected chi connectivity index (χ0v) is 10.0. The van der Waals surface area contributed by atoms with Gasteiger partial charge in [-0.25, -0.2) is 0 Å². The van der Waals surface area contributed by atoms with Gasteiger partial charge < -0.3 is 10.1 Å². The molecule has 1 rings (SSSR count). The molecule has 88 valence electrons. The number of ether oxygens (including phenoxy) is 1. The van der Waals surface area contributed by atoms with Gasteiger partial charge in [0.2, 0.25) is 0 Å². The van der Waals surface area contributed by atoms with Gasteiger partial charge in [-0.15, -0.1) is 0 Å². The van der Waals surface area contributed by atoms with Gasteiger partial charge in [0.05, 0.1) is 0 Å². The third-order valence-electron chi connectivity index (χ3n) is 1.83. The summed E-state index contributed by atoms with van der Waals surface area (Å²) in [5.41, 5.74) is -0.318. The van der Waals surface area contributed by atoms with Gasteiger partial charge in [-0.3, -0.25) is 9.59 Å². The Morgan fingerprint density at radius 1 is 1.47 bits per heavy atom. The molecule has 0 unspecified atom stereocenters. The van der Waals surface area contributed by atoms with E-state index in [9.17, 15) is 9.59 Å². The van der Waals surface area contributed by atoms with E-state index in [-0.39, 0.29) is 5.60 Å². The molecule has 0 saturated carbocycles. The highest BCUT2D eigenvalue weighted by atomic mass is 16.5. The SMILES string of the molecule is CC(C)(C)OC=O.C[C@H]1CC(=O)CCN1. The van der Waals surface area contributed by atoms with Crippen LogP contribution >= 0.6 is 0 Å². The van der Waals surface area contributed by atoms with Gasteiger partial charge in [-0.2, -0.15) is 0 Å². The van der Waals surface area contributed by atoms with Crippen LogP contribution in [0, 0.1) is 0 Å². The van der Waals surface area contributed by atoms with E-state index in [0.717, 1.165) is 19.4 Å². The van der Waals surface area contributed by atoms with Crippen molar-refractivity contribution in [2.24, 2.45) is 0 Å². The molecule has 0 spiro atoms. The van der Waals surface area contributed by atoms with Crippen LogP contribution in [-0.2, 0) is 14.3 Å². The Bertz CT molecular complexity index is 208. The molecular weight excluding hydrogens is 194 g/mol. The zero-order valence-electron chi connectivity index (χ0n) is 10.0. The number of piperidine rings is 1. The molecule has 1 heterocycles. The molecular formula is C11H21NO3. The maximum absolute atomic E-state index is 10.6. The average molecular weight is 215 g/mol. The molecule has 0 aromatic carbocycles. The monoisotopic (exact) mass is 215 g/mol. The maximum Gasteiger partial charge on any atom is 0.293 e. The van der Waals surface area contributed by atoms with Crippen molar-refractivity contribution in [2.45, 2.75) is 52.2 Å². The molecule has 0 aliphatic carbocycles. The minimum absolute atomic E-state index is 0.318. The molecule has 0 radical (unpaired) electrons. The van der Waals surface area contributed by atoms with Crippen molar-refractivity contribution in [2.75, 3.05) is 6.54 Å². The van der Waals surface area contributed by atoms with Crippen molar-refractivity contribution in [3.63, 3.8) is 0 Å². The Hall–Kier alpha value is -0.900. The summed E-state index contributed by atoms with van der Waals surface area (Å²) in [6, 6.07) is 0.413. The fourth-order valence-corrected chi connectivity index (χ4v) is 1.12. The number of carbonyl (C=O) groups excluding carboxylic acids is 2. The quantitative estimate of drug-likeness (QED) is 0.670. The summed E-state index contributed by atoms with van der Waals surface area (Å²) in [7, 11) is 0. The molecule has 1 atom stereocenters. The standard InChI is InChI=1S/C6H11NO.C5H10O2/c1-5-4-6(8)2-3-7-5;1-5(2,3)7-4-6/h5,7H,2-4H2,1H3;4H,1-3H3/t5-;/m0./s1. The van der Waals surface area contributed by atoms with E-state index < -0.39 is 0 Å². The van der Waals surface area contributed by atoms with Crippen LogP contribution in [0.2, 0.25) is 0 Å². The number of hydrogen-bond donors (Lipinski definition) is 1. The number of carbonyl (C=O) groups is 2. The predicted octanol–water partition coefficient (Wildman–Crippen LogP) is 1.29. The molecule has 1 aliphatic rings. The molecule has 4 heteroatoms. The minimum Gasteiger partial charge on any atom is -0.462 e. The van der Waals surface area contributed by atoms with Crippen LogP contribution < -0.4 is 5.32 Å². The van der Waals surface area contributed by atoms with Gasteiger partial charge in [-0.05, 0) is 27.7 Å². The number of hydrogen-bond acceptors (Lipinski definition) is 4. The van der Waals surface area contributed by atoms with Gasteiger partial charge >= 0.3 is 0 Å². The smallest absolute Gasteiger partial charge is 0.293 e. The van der Waals surface area contributed by atoms with Crippen LogP contribution in [0.4, 0.5) is 0 Å². The average Bonchev–Trinajstić information content (AvgIpc) is 2.01. The van der Waals surface area contributed by atoms with Crippen LogP contribution in [0.5, 0.6) is 0 Å². The lowest BCUT2D eigenvalue weighted by atomic mass is 10.1. The molecule has 15 heavy (non-hydrogen) atoms. The summed E-state index contributed by atoms with van der Waals surface area (Å²) >= 11 is 0. The van der Waals surface area contributed by atoms with Crippen molar-refractivity contribution in [3.05, 3.63) is 0 Å². The molecule has 1 saturated heterocycles. The Morgan fingerprint density at radius 2 is 2.07 bits per heavy atom. The second-order valence-electron chi connectivity index (χ2n) is 4.67. The van der Waals surface area contributed by atoms with Gasteiger partial charge in [-0.1, -0.05) is 0 Å². The summed E-state index contributed by atoms with van der Waals surface area (Å²) in [6.45, 7) is 8.83. The van der Waals surface area contributed by atoms with Crippen LogP contribution in [0.3, 0.4) is 0 Å². The van der Waals surface area contributed by atoms with Crippen LogP contribution in [0.15, 0.2) is 0 Å². The zero-order chi connectivity index (χ0) is 11.9.